The van der Waals surface area contributed by atoms with Crippen molar-refractivity contribution >= 4 is 28.7 Å². The van der Waals surface area contributed by atoms with Gasteiger partial charge in [-0.2, -0.15) is 0 Å². The smallest absolute Gasteiger partial charge is 0.321 e. The van der Waals surface area contributed by atoms with Crippen molar-refractivity contribution in [1.82, 2.24) is 14.9 Å². The van der Waals surface area contributed by atoms with Gasteiger partial charge in [-0.15, -0.1) is 0 Å². The normalized spacial score (nSPS) is 18.0. The number of amides is 2. The van der Waals surface area contributed by atoms with Gasteiger partial charge < -0.3 is 19.9 Å². The molecule has 2 heterocycles. The summed E-state index contributed by atoms with van der Waals surface area (Å²) < 4.78 is 5.06. The monoisotopic (exact) mass is 316 g/mol. The van der Waals surface area contributed by atoms with Gasteiger partial charge in [-0.1, -0.05) is 0 Å². The number of hydrogen-bond acceptors (Lipinski definition) is 4. The van der Waals surface area contributed by atoms with Gasteiger partial charge in [-0.05, 0) is 38.0 Å². The number of carbonyl (C=O) groups is 2. The first-order chi connectivity index (χ1) is 11.2. The lowest BCUT2D eigenvalue weighted by Crippen LogP contribution is -2.44. The molecule has 2 amide bonds. The molecule has 2 N–H and O–H groups in total. The number of hydrogen-bond donors (Lipinski definition) is 2. The molecule has 0 aliphatic carbocycles. The second-order valence-electron chi connectivity index (χ2n) is 5.60. The number of fused-ring (bicyclic) bond motifs is 1. The molecule has 1 aromatic carbocycles. The zero-order chi connectivity index (χ0) is 16.2. The molecule has 1 aliphatic rings. The molecular weight excluding hydrogens is 296 g/mol. The summed E-state index contributed by atoms with van der Waals surface area (Å²) in [5.74, 6) is -0.451. The third-order valence-electron chi connectivity index (χ3n) is 4.00. The van der Waals surface area contributed by atoms with Crippen molar-refractivity contribution in [3.8, 4) is 0 Å². The number of nitrogens with one attached hydrogen (secondary N) is 2. The van der Waals surface area contributed by atoms with Gasteiger partial charge >= 0.3 is 12.0 Å². The van der Waals surface area contributed by atoms with Crippen LogP contribution in [0.5, 0.6) is 0 Å². The summed E-state index contributed by atoms with van der Waals surface area (Å²) >= 11 is 0. The lowest BCUT2D eigenvalue weighted by Gasteiger charge is -2.31. The van der Waals surface area contributed by atoms with Gasteiger partial charge in [0.25, 0.3) is 0 Å². The van der Waals surface area contributed by atoms with Crippen LogP contribution in [0.25, 0.3) is 11.0 Å². The van der Waals surface area contributed by atoms with Crippen LogP contribution in [0.2, 0.25) is 0 Å². The van der Waals surface area contributed by atoms with Crippen LogP contribution in [0.1, 0.15) is 19.8 Å². The summed E-state index contributed by atoms with van der Waals surface area (Å²) in [6.45, 7) is 3.20. The third kappa shape index (κ3) is 3.44. The summed E-state index contributed by atoms with van der Waals surface area (Å²) in [6, 6.07) is 5.30. The Hall–Kier alpha value is -2.57. The SMILES string of the molecule is CCOC(=O)C1CCCN(C(=O)Nc2ccc3nc[nH]c3c2)C1. The average Bonchev–Trinajstić information content (AvgIpc) is 3.03. The number of H-pyrrole nitrogens is 1. The van der Waals surface area contributed by atoms with Gasteiger partial charge in [0.05, 0.1) is 29.9 Å². The molecule has 1 aliphatic heterocycles. The van der Waals surface area contributed by atoms with Gasteiger partial charge in [-0.3, -0.25) is 4.79 Å². The van der Waals surface area contributed by atoms with Gasteiger partial charge in [0.2, 0.25) is 0 Å². The molecule has 7 nitrogen and oxygen atoms in total. The first kappa shape index (κ1) is 15.3. The quantitative estimate of drug-likeness (QED) is 0.851. The predicted octanol–water partition coefficient (Wildman–Crippen LogP) is 2.37. The van der Waals surface area contributed by atoms with E-state index in [2.05, 4.69) is 15.3 Å². The number of urea groups is 1. The molecule has 1 atom stereocenters. The number of piperidine rings is 1. The number of carbonyl (C=O) groups excluding carboxylic acids is 2. The Labute approximate surface area is 134 Å². The second kappa shape index (κ2) is 6.68. The lowest BCUT2D eigenvalue weighted by atomic mass is 9.98. The van der Waals surface area contributed by atoms with Crippen molar-refractivity contribution in [3.05, 3.63) is 24.5 Å². The van der Waals surface area contributed by atoms with E-state index >= 15 is 0 Å². The Morgan fingerprint density at radius 3 is 3.17 bits per heavy atom. The summed E-state index contributed by atoms with van der Waals surface area (Å²) in [6.07, 6.45) is 3.18. The molecule has 0 spiro atoms. The molecule has 0 radical (unpaired) electrons. The van der Waals surface area contributed by atoms with Crippen LogP contribution >= 0.6 is 0 Å². The van der Waals surface area contributed by atoms with Crippen molar-refractivity contribution in [2.75, 3.05) is 25.0 Å². The maximum absolute atomic E-state index is 12.4. The van der Waals surface area contributed by atoms with Crippen molar-refractivity contribution in [1.29, 1.82) is 0 Å². The molecule has 0 bridgehead atoms. The molecule has 122 valence electrons. The fourth-order valence-corrected chi connectivity index (χ4v) is 2.83. The van der Waals surface area contributed by atoms with Crippen LogP contribution in [0, 0.1) is 5.92 Å². The molecule has 3 rings (SSSR count). The Bertz CT molecular complexity index is 712. The van der Waals surface area contributed by atoms with E-state index in [9.17, 15) is 9.59 Å². The number of rotatable bonds is 3. The summed E-state index contributed by atoms with van der Waals surface area (Å²) in [5, 5.41) is 2.87. The van der Waals surface area contributed by atoms with Gasteiger partial charge in [0.1, 0.15) is 0 Å². The number of imidazole rings is 1. The van der Waals surface area contributed by atoms with Crippen molar-refractivity contribution in [2.45, 2.75) is 19.8 Å². The molecule has 23 heavy (non-hydrogen) atoms. The number of likely N-dealkylation sites (tertiary alicyclic amines) is 1. The van der Waals surface area contributed by atoms with E-state index in [0.717, 1.165) is 23.9 Å². The van der Waals surface area contributed by atoms with Gasteiger partial charge in [0.15, 0.2) is 0 Å². The highest BCUT2D eigenvalue weighted by molar-refractivity contribution is 5.92. The Morgan fingerprint density at radius 2 is 2.35 bits per heavy atom. The number of esters is 1. The summed E-state index contributed by atoms with van der Waals surface area (Å²) in [4.78, 5) is 33.1. The fraction of sp³-hybridized carbons (Fsp3) is 0.438. The molecule has 2 aromatic rings. The van der Waals surface area contributed by atoms with E-state index in [0.29, 0.717) is 25.4 Å². The first-order valence-corrected chi connectivity index (χ1v) is 7.83. The standard InChI is InChI=1S/C16H20N4O3/c1-2-23-15(21)11-4-3-7-20(9-11)16(22)19-12-5-6-13-14(8-12)18-10-17-13/h5-6,8,10-11H,2-4,7,9H2,1H3,(H,17,18)(H,19,22). The Kier molecular flexibility index (Phi) is 4.45. The van der Waals surface area contributed by atoms with Crippen molar-refractivity contribution in [2.24, 2.45) is 5.92 Å². The maximum Gasteiger partial charge on any atom is 0.321 e. The number of aromatic nitrogens is 2. The van der Waals surface area contributed by atoms with E-state index in [1.165, 1.54) is 0 Å². The third-order valence-corrected chi connectivity index (χ3v) is 4.00. The number of benzene rings is 1. The maximum atomic E-state index is 12.4. The molecule has 0 saturated carbocycles. The highest BCUT2D eigenvalue weighted by Gasteiger charge is 2.29. The van der Waals surface area contributed by atoms with Crippen LogP contribution in [0.15, 0.2) is 24.5 Å². The molecular formula is C16H20N4O3. The van der Waals surface area contributed by atoms with E-state index in [1.807, 2.05) is 18.2 Å². The highest BCUT2D eigenvalue weighted by atomic mass is 16.5. The Morgan fingerprint density at radius 1 is 1.48 bits per heavy atom. The Balaban J connectivity index is 1.63. The zero-order valence-electron chi connectivity index (χ0n) is 13.0. The summed E-state index contributed by atoms with van der Waals surface area (Å²) in [7, 11) is 0. The van der Waals surface area contributed by atoms with Gasteiger partial charge in [-0.25, -0.2) is 9.78 Å². The first-order valence-electron chi connectivity index (χ1n) is 7.83. The summed E-state index contributed by atoms with van der Waals surface area (Å²) in [5.41, 5.74) is 2.42. The van der Waals surface area contributed by atoms with Crippen LogP contribution < -0.4 is 5.32 Å². The number of aromatic amines is 1. The minimum atomic E-state index is -0.232. The van der Waals surface area contributed by atoms with Crippen molar-refractivity contribution < 1.29 is 14.3 Å². The molecule has 1 saturated heterocycles. The minimum Gasteiger partial charge on any atom is -0.466 e. The lowest BCUT2D eigenvalue weighted by molar-refractivity contribution is -0.149. The number of ether oxygens (including phenoxy) is 1. The van der Waals surface area contributed by atoms with Crippen LogP contribution in [0.4, 0.5) is 10.5 Å². The van der Waals surface area contributed by atoms with E-state index < -0.39 is 0 Å². The average molecular weight is 316 g/mol. The van der Waals surface area contributed by atoms with Crippen LogP contribution in [-0.2, 0) is 9.53 Å². The van der Waals surface area contributed by atoms with Crippen LogP contribution in [0.3, 0.4) is 0 Å². The topological polar surface area (TPSA) is 87.3 Å². The fourth-order valence-electron chi connectivity index (χ4n) is 2.83. The predicted molar refractivity (Wildman–Crippen MR) is 86.0 cm³/mol. The van der Waals surface area contributed by atoms with E-state index in [-0.39, 0.29) is 17.9 Å². The number of nitrogens with zero attached hydrogens (tertiary/aromatic N) is 2. The van der Waals surface area contributed by atoms with Crippen molar-refractivity contribution in [3.63, 3.8) is 0 Å². The molecule has 1 fully saturated rings. The molecule has 7 heteroatoms. The molecule has 1 unspecified atom stereocenters. The van der Waals surface area contributed by atoms with Crippen LogP contribution in [-0.4, -0.2) is 46.6 Å². The largest absolute Gasteiger partial charge is 0.466 e. The van der Waals surface area contributed by atoms with Gasteiger partial charge in [0, 0.05) is 18.8 Å². The number of anilines is 1. The van der Waals surface area contributed by atoms with E-state index in [1.54, 1.807) is 18.2 Å². The zero-order valence-corrected chi connectivity index (χ0v) is 13.0. The minimum absolute atomic E-state index is 0.196. The van der Waals surface area contributed by atoms with E-state index in [4.69, 9.17) is 4.74 Å². The second-order valence-corrected chi connectivity index (χ2v) is 5.60. The highest BCUT2D eigenvalue weighted by Crippen LogP contribution is 2.20. The molecule has 1 aromatic heterocycles.